The number of aliphatic hydroxyl groups is 4. The normalized spacial score (nSPS) is 59.8. The van der Waals surface area contributed by atoms with E-state index in [-0.39, 0.29) is 30.0 Å². The number of fused-ring (bicyclic) bond motifs is 3. The summed E-state index contributed by atoms with van der Waals surface area (Å²) in [6.45, 7) is 4.40. The van der Waals surface area contributed by atoms with Crippen molar-refractivity contribution in [3.63, 3.8) is 0 Å². The second-order valence-corrected chi connectivity index (χ2v) is 10.1. The van der Waals surface area contributed by atoms with Gasteiger partial charge in [-0.05, 0) is 80.0 Å². The summed E-state index contributed by atoms with van der Waals surface area (Å²) < 4.78 is 0. The fraction of sp³-hybridized carbons (Fsp3) is 1.00. The van der Waals surface area contributed by atoms with Gasteiger partial charge in [-0.25, -0.2) is 0 Å². The van der Waals surface area contributed by atoms with Crippen molar-refractivity contribution in [1.82, 2.24) is 0 Å². The Morgan fingerprint density at radius 2 is 1.67 bits per heavy atom. The highest BCUT2D eigenvalue weighted by molar-refractivity contribution is 5.17. The largest absolute Gasteiger partial charge is 0.396 e. The summed E-state index contributed by atoms with van der Waals surface area (Å²) >= 11 is 0. The van der Waals surface area contributed by atoms with Crippen molar-refractivity contribution >= 4 is 0 Å². The van der Waals surface area contributed by atoms with Gasteiger partial charge in [0.05, 0.1) is 24.9 Å². The van der Waals surface area contributed by atoms with E-state index in [1.54, 1.807) is 0 Å². The van der Waals surface area contributed by atoms with Gasteiger partial charge in [0, 0.05) is 5.41 Å². The summed E-state index contributed by atoms with van der Waals surface area (Å²) in [5.74, 6) is 1.13. The van der Waals surface area contributed by atoms with Crippen molar-refractivity contribution in [2.45, 2.75) is 76.9 Å². The molecule has 0 radical (unpaired) electrons. The van der Waals surface area contributed by atoms with Crippen LogP contribution in [0.5, 0.6) is 0 Å². The van der Waals surface area contributed by atoms with Crippen LogP contribution in [0, 0.1) is 34.0 Å². The molecule has 0 heterocycles. The van der Waals surface area contributed by atoms with E-state index in [2.05, 4.69) is 13.8 Å². The zero-order chi connectivity index (χ0) is 17.4. The Hall–Kier alpha value is -0.160. The Kier molecular flexibility index (Phi) is 3.73. The summed E-state index contributed by atoms with van der Waals surface area (Å²) in [6.07, 6.45) is 7.38. The van der Waals surface area contributed by atoms with Crippen molar-refractivity contribution in [3.8, 4) is 0 Å². The second kappa shape index (κ2) is 5.18. The zero-order valence-electron chi connectivity index (χ0n) is 15.2. The van der Waals surface area contributed by atoms with Crippen LogP contribution in [0.3, 0.4) is 0 Å². The predicted octanol–water partition coefficient (Wildman–Crippen LogP) is 2.09. The van der Waals surface area contributed by atoms with E-state index in [1.807, 2.05) is 0 Å². The molecule has 0 amide bonds. The lowest BCUT2D eigenvalue weighted by Crippen LogP contribution is -2.61. The van der Waals surface area contributed by atoms with E-state index in [4.69, 9.17) is 0 Å². The maximum absolute atomic E-state index is 10.9. The standard InChI is InChI=1S/C20H34O4/c1-17-7-6-16(23)18(2,11-21)14(17)5-8-19-9-13(3-4-15(17)19)20(24,10-19)12-22/h13-16,21-24H,3-12H2,1-2H3. The second-order valence-electron chi connectivity index (χ2n) is 10.1. The average molecular weight is 338 g/mol. The minimum Gasteiger partial charge on any atom is -0.396 e. The summed E-state index contributed by atoms with van der Waals surface area (Å²) in [4.78, 5) is 0. The Morgan fingerprint density at radius 3 is 2.33 bits per heavy atom. The van der Waals surface area contributed by atoms with Gasteiger partial charge in [-0.3, -0.25) is 0 Å². The fourth-order valence-corrected chi connectivity index (χ4v) is 8.06. The van der Waals surface area contributed by atoms with Gasteiger partial charge in [0.1, 0.15) is 0 Å². The highest BCUT2D eigenvalue weighted by Crippen LogP contribution is 2.72. The Balaban J connectivity index is 1.72. The van der Waals surface area contributed by atoms with Gasteiger partial charge in [0.15, 0.2) is 0 Å². The molecule has 0 aromatic heterocycles. The van der Waals surface area contributed by atoms with Crippen LogP contribution in [0.1, 0.15) is 65.2 Å². The van der Waals surface area contributed by atoms with Crippen LogP contribution in [-0.4, -0.2) is 45.3 Å². The maximum Gasteiger partial charge on any atom is 0.0910 e. The Labute approximate surface area is 145 Å². The molecule has 4 nitrogen and oxygen atoms in total. The van der Waals surface area contributed by atoms with E-state index in [0.717, 1.165) is 51.4 Å². The molecule has 0 saturated heterocycles. The molecule has 138 valence electrons. The number of rotatable bonds is 2. The molecule has 4 rings (SSSR count). The topological polar surface area (TPSA) is 80.9 Å². The molecule has 4 aliphatic rings. The molecule has 0 aliphatic heterocycles. The molecule has 2 bridgehead atoms. The van der Waals surface area contributed by atoms with Gasteiger partial charge in [-0.15, -0.1) is 0 Å². The SMILES string of the molecule is CC1(CO)C(O)CCC2(C)C3CCC4CC3(CCC12)CC4(O)CO. The van der Waals surface area contributed by atoms with Crippen molar-refractivity contribution in [2.24, 2.45) is 34.0 Å². The third-order valence-electron chi connectivity index (χ3n) is 9.27. The number of aliphatic hydroxyl groups excluding tert-OH is 3. The quantitative estimate of drug-likeness (QED) is 0.621. The lowest BCUT2D eigenvalue weighted by molar-refractivity contribution is -0.197. The van der Waals surface area contributed by atoms with E-state index in [9.17, 15) is 20.4 Å². The van der Waals surface area contributed by atoms with Crippen LogP contribution in [0.4, 0.5) is 0 Å². The first-order valence-corrected chi connectivity index (χ1v) is 9.86. The Bertz CT molecular complexity index is 524. The molecule has 24 heavy (non-hydrogen) atoms. The number of hydrogen-bond donors (Lipinski definition) is 4. The van der Waals surface area contributed by atoms with Gasteiger partial charge in [0.2, 0.25) is 0 Å². The van der Waals surface area contributed by atoms with E-state index in [0.29, 0.717) is 11.8 Å². The summed E-state index contributed by atoms with van der Waals surface area (Å²) in [6, 6.07) is 0. The van der Waals surface area contributed by atoms with Crippen LogP contribution < -0.4 is 0 Å². The molecule has 4 heteroatoms. The molecule has 4 aliphatic carbocycles. The predicted molar refractivity (Wildman–Crippen MR) is 91.2 cm³/mol. The fourth-order valence-electron chi connectivity index (χ4n) is 8.06. The van der Waals surface area contributed by atoms with E-state index < -0.39 is 17.1 Å². The molecular formula is C20H34O4. The lowest BCUT2D eigenvalue weighted by atomic mass is 9.40. The Morgan fingerprint density at radius 1 is 0.917 bits per heavy atom. The third kappa shape index (κ3) is 1.94. The molecule has 0 aromatic carbocycles. The van der Waals surface area contributed by atoms with Gasteiger partial charge in [0.25, 0.3) is 0 Å². The van der Waals surface area contributed by atoms with Crippen molar-refractivity contribution in [1.29, 1.82) is 0 Å². The smallest absolute Gasteiger partial charge is 0.0910 e. The van der Waals surface area contributed by atoms with Gasteiger partial charge >= 0.3 is 0 Å². The minimum atomic E-state index is -0.883. The summed E-state index contributed by atoms with van der Waals surface area (Å²) in [5.41, 5.74) is -1.01. The van der Waals surface area contributed by atoms with Gasteiger partial charge in [-0.2, -0.15) is 0 Å². The average Bonchev–Trinajstić information content (AvgIpc) is 2.78. The highest BCUT2D eigenvalue weighted by atomic mass is 16.3. The van der Waals surface area contributed by atoms with Crippen LogP contribution in [0.15, 0.2) is 0 Å². The highest BCUT2D eigenvalue weighted by Gasteiger charge is 2.68. The summed E-state index contributed by atoms with van der Waals surface area (Å²) in [7, 11) is 0. The monoisotopic (exact) mass is 338 g/mol. The first kappa shape index (κ1) is 17.3. The van der Waals surface area contributed by atoms with Crippen LogP contribution in [0.25, 0.3) is 0 Å². The van der Waals surface area contributed by atoms with Crippen molar-refractivity contribution in [2.75, 3.05) is 13.2 Å². The van der Waals surface area contributed by atoms with Crippen LogP contribution in [0.2, 0.25) is 0 Å². The molecule has 4 N–H and O–H groups in total. The van der Waals surface area contributed by atoms with Crippen LogP contribution >= 0.6 is 0 Å². The minimum absolute atomic E-state index is 0.0529. The molecule has 0 aromatic rings. The first-order valence-electron chi connectivity index (χ1n) is 9.86. The molecule has 1 spiro atoms. The molecule has 8 atom stereocenters. The lowest BCUT2D eigenvalue weighted by Gasteiger charge is -2.65. The molecule has 4 saturated carbocycles. The number of hydrogen-bond acceptors (Lipinski definition) is 4. The molecule has 8 unspecified atom stereocenters. The molecular weight excluding hydrogens is 304 g/mol. The summed E-state index contributed by atoms with van der Waals surface area (Å²) in [5, 5.41) is 41.4. The maximum atomic E-state index is 10.9. The molecule has 4 fully saturated rings. The van der Waals surface area contributed by atoms with Crippen molar-refractivity contribution in [3.05, 3.63) is 0 Å². The zero-order valence-corrected chi connectivity index (χ0v) is 15.2. The first-order chi connectivity index (χ1) is 11.2. The van der Waals surface area contributed by atoms with Crippen molar-refractivity contribution < 1.29 is 20.4 Å². The van der Waals surface area contributed by atoms with E-state index in [1.165, 1.54) is 0 Å². The van der Waals surface area contributed by atoms with Gasteiger partial charge in [-0.1, -0.05) is 13.8 Å². The third-order valence-corrected chi connectivity index (χ3v) is 9.27. The van der Waals surface area contributed by atoms with E-state index >= 15 is 0 Å². The van der Waals surface area contributed by atoms with Crippen LogP contribution in [-0.2, 0) is 0 Å². The van der Waals surface area contributed by atoms with Gasteiger partial charge < -0.3 is 20.4 Å².